The maximum absolute atomic E-state index is 5.86. The molecule has 0 amide bonds. The van der Waals surface area contributed by atoms with Crippen LogP contribution in [0.1, 0.15) is 26.7 Å². The van der Waals surface area contributed by atoms with Gasteiger partial charge in [0.1, 0.15) is 23.0 Å². The molecule has 74 valence electrons. The molecular weight excluding hydrogens is 279 g/mol. The van der Waals surface area contributed by atoms with Gasteiger partial charge in [0.2, 0.25) is 0 Å². The quantitative estimate of drug-likeness (QED) is 0.547. The predicted octanol–water partition coefficient (Wildman–Crippen LogP) is 2.87. The fourth-order valence-electron chi connectivity index (χ4n) is 2.21. The first kappa shape index (κ1) is 9.93. The van der Waals surface area contributed by atoms with E-state index in [1.807, 2.05) is 23.0 Å². The third kappa shape index (κ3) is 1.66. The van der Waals surface area contributed by atoms with Crippen LogP contribution in [0.3, 0.4) is 0 Å². The van der Waals surface area contributed by atoms with Crippen molar-refractivity contribution in [3.05, 3.63) is 12.2 Å². The minimum absolute atomic E-state index is 0.0150. The molecule has 4 atom stereocenters. The van der Waals surface area contributed by atoms with E-state index in [9.17, 15) is 0 Å². The van der Waals surface area contributed by atoms with E-state index in [0.29, 0.717) is 12.0 Å². The molecule has 0 aromatic carbocycles. The lowest BCUT2D eigenvalue weighted by molar-refractivity contribution is -0.140. The topological polar surface area (TPSA) is 18.5 Å². The average Bonchev–Trinajstić information content (AvgIpc) is 2.15. The molecule has 2 unspecified atom stereocenters. The Morgan fingerprint density at radius 1 is 1.62 bits per heavy atom. The van der Waals surface area contributed by atoms with Gasteiger partial charge in [-0.05, 0) is 13.3 Å². The van der Waals surface area contributed by atoms with Crippen LogP contribution in [-0.4, -0.2) is 17.8 Å². The van der Waals surface area contributed by atoms with E-state index >= 15 is 0 Å². The predicted molar refractivity (Wildman–Crippen MR) is 59.7 cm³/mol. The van der Waals surface area contributed by atoms with Gasteiger partial charge in [-0.1, -0.05) is 19.1 Å². The lowest BCUT2D eigenvalue weighted by atomic mass is 9.76. The van der Waals surface area contributed by atoms with Crippen LogP contribution in [-0.2, 0) is 7.80 Å². The summed E-state index contributed by atoms with van der Waals surface area (Å²) in [5, 5.41) is 0. The van der Waals surface area contributed by atoms with Crippen LogP contribution >= 0.6 is 23.0 Å². The minimum atomic E-state index is -0.0150. The number of fused-ring (bicyclic) bond motifs is 2. The van der Waals surface area contributed by atoms with Gasteiger partial charge in [-0.2, -0.15) is 0 Å². The molecule has 2 bridgehead atoms. The van der Waals surface area contributed by atoms with Gasteiger partial charge < -0.3 is 7.80 Å². The van der Waals surface area contributed by atoms with Crippen molar-refractivity contribution in [2.24, 2.45) is 5.92 Å². The molecule has 1 fully saturated rings. The van der Waals surface area contributed by atoms with Crippen molar-refractivity contribution in [2.45, 2.75) is 44.5 Å². The van der Waals surface area contributed by atoms with E-state index in [0.717, 1.165) is 12.8 Å². The Labute approximate surface area is 93.4 Å². The Morgan fingerprint density at radius 2 is 2.38 bits per heavy atom. The highest BCUT2D eigenvalue weighted by atomic mass is 127. The minimum Gasteiger partial charge on any atom is -0.370 e. The van der Waals surface area contributed by atoms with E-state index in [-0.39, 0.29) is 11.7 Å². The van der Waals surface area contributed by atoms with Crippen LogP contribution < -0.4 is 0 Å². The summed E-state index contributed by atoms with van der Waals surface area (Å²) < 4.78 is 11.4. The summed E-state index contributed by atoms with van der Waals surface area (Å²) in [5.41, 5.74) is -0.0150. The highest BCUT2D eigenvalue weighted by molar-refractivity contribution is 14.1. The summed E-state index contributed by atoms with van der Waals surface area (Å²) in [7, 11) is 0. The molecule has 2 heterocycles. The van der Waals surface area contributed by atoms with Crippen LogP contribution in [0.4, 0.5) is 0 Å². The Bertz CT molecular complexity index is 229. The molecule has 2 aliphatic rings. The Hall–Kier alpha value is 0.390. The highest BCUT2D eigenvalue weighted by Gasteiger charge is 2.45. The van der Waals surface area contributed by atoms with Crippen LogP contribution in [0, 0.1) is 5.92 Å². The Kier molecular flexibility index (Phi) is 2.68. The second kappa shape index (κ2) is 3.51. The number of halogens is 1. The van der Waals surface area contributed by atoms with Crippen molar-refractivity contribution in [1.29, 1.82) is 0 Å². The SMILES string of the molecule is C[C@@H]1C2CC=CC(C[C@]1(C)OI)O2. The van der Waals surface area contributed by atoms with Crippen LogP contribution in [0.25, 0.3) is 0 Å². The maximum Gasteiger partial charge on any atom is 0.110 e. The molecule has 0 aliphatic carbocycles. The largest absolute Gasteiger partial charge is 0.370 e. The number of hydrogen-bond acceptors (Lipinski definition) is 2. The highest BCUT2D eigenvalue weighted by Crippen LogP contribution is 2.41. The van der Waals surface area contributed by atoms with Crippen molar-refractivity contribution in [1.82, 2.24) is 0 Å². The van der Waals surface area contributed by atoms with E-state index in [2.05, 4.69) is 26.0 Å². The number of hydrogen-bond donors (Lipinski definition) is 0. The standard InChI is InChI=1S/C10H15IO2/c1-7-9-5-3-4-8(12-9)6-10(7,2)13-11/h3-4,7-9H,5-6H2,1-2H3/t7-,8?,9?,10+/m1/s1. The van der Waals surface area contributed by atoms with Gasteiger partial charge in [0.15, 0.2) is 0 Å². The van der Waals surface area contributed by atoms with Gasteiger partial charge >= 0.3 is 0 Å². The van der Waals surface area contributed by atoms with Crippen molar-refractivity contribution in [3.8, 4) is 0 Å². The van der Waals surface area contributed by atoms with Gasteiger partial charge in [0, 0.05) is 12.3 Å². The smallest absolute Gasteiger partial charge is 0.110 e. The van der Waals surface area contributed by atoms with Crippen molar-refractivity contribution in [2.75, 3.05) is 0 Å². The molecular formula is C10H15IO2. The molecule has 0 aromatic heterocycles. The first-order chi connectivity index (χ1) is 6.15. The molecule has 0 aromatic rings. The van der Waals surface area contributed by atoms with Crippen molar-refractivity contribution >= 4 is 23.0 Å². The lowest BCUT2D eigenvalue weighted by Crippen LogP contribution is -2.51. The number of rotatable bonds is 1. The Morgan fingerprint density at radius 3 is 3.08 bits per heavy atom. The molecule has 1 saturated heterocycles. The summed E-state index contributed by atoms with van der Waals surface area (Å²) >= 11 is 2.02. The van der Waals surface area contributed by atoms with Crippen LogP contribution in [0.2, 0.25) is 0 Å². The molecule has 0 saturated carbocycles. The monoisotopic (exact) mass is 294 g/mol. The first-order valence-electron chi connectivity index (χ1n) is 4.77. The zero-order valence-electron chi connectivity index (χ0n) is 8.00. The second-order valence-electron chi connectivity index (χ2n) is 4.26. The second-order valence-corrected chi connectivity index (χ2v) is 4.70. The van der Waals surface area contributed by atoms with Gasteiger partial charge in [0.05, 0.1) is 17.8 Å². The van der Waals surface area contributed by atoms with Gasteiger partial charge in [0.25, 0.3) is 0 Å². The third-order valence-electron chi connectivity index (χ3n) is 3.37. The van der Waals surface area contributed by atoms with Crippen LogP contribution in [0.15, 0.2) is 12.2 Å². The molecule has 2 rings (SSSR count). The summed E-state index contributed by atoms with van der Waals surface area (Å²) in [6, 6.07) is 0. The molecule has 0 radical (unpaired) electrons. The number of ether oxygens (including phenoxy) is 1. The average molecular weight is 294 g/mol. The summed E-state index contributed by atoms with van der Waals surface area (Å²) in [6.07, 6.45) is 7.04. The zero-order valence-corrected chi connectivity index (χ0v) is 10.2. The van der Waals surface area contributed by atoms with E-state index < -0.39 is 0 Å². The molecule has 0 spiro atoms. The lowest BCUT2D eigenvalue weighted by Gasteiger charge is -2.46. The zero-order chi connectivity index (χ0) is 9.47. The Balaban J connectivity index is 2.22. The normalized spacial score (nSPS) is 49.3. The molecule has 0 N–H and O–H groups in total. The summed E-state index contributed by atoms with van der Waals surface area (Å²) in [5.74, 6) is 0.477. The molecule has 13 heavy (non-hydrogen) atoms. The first-order valence-corrected chi connectivity index (χ1v) is 5.65. The maximum atomic E-state index is 5.86. The fraction of sp³-hybridized carbons (Fsp3) is 0.800. The van der Waals surface area contributed by atoms with Gasteiger partial charge in [-0.25, -0.2) is 0 Å². The molecule has 3 heteroatoms. The molecule has 2 aliphatic heterocycles. The van der Waals surface area contributed by atoms with Crippen LogP contribution in [0.5, 0.6) is 0 Å². The van der Waals surface area contributed by atoms with Crippen molar-refractivity contribution in [3.63, 3.8) is 0 Å². The third-order valence-corrected chi connectivity index (χ3v) is 4.38. The summed E-state index contributed by atoms with van der Waals surface area (Å²) in [4.78, 5) is 0. The van der Waals surface area contributed by atoms with Gasteiger partial charge in [-0.15, -0.1) is 0 Å². The van der Waals surface area contributed by atoms with Crippen molar-refractivity contribution < 1.29 is 7.80 Å². The van der Waals surface area contributed by atoms with E-state index in [1.165, 1.54) is 0 Å². The van der Waals surface area contributed by atoms with Gasteiger partial charge in [-0.3, -0.25) is 0 Å². The fourth-order valence-corrected chi connectivity index (χ4v) is 2.79. The van der Waals surface area contributed by atoms with E-state index in [1.54, 1.807) is 0 Å². The molecule has 2 nitrogen and oxygen atoms in total. The summed E-state index contributed by atoms with van der Waals surface area (Å²) in [6.45, 7) is 4.41. The van der Waals surface area contributed by atoms with E-state index in [4.69, 9.17) is 7.80 Å².